The molecule has 0 aliphatic carbocycles. The minimum absolute atomic E-state index is 0.142. The van der Waals surface area contributed by atoms with Gasteiger partial charge < -0.3 is 9.47 Å². The predicted molar refractivity (Wildman–Crippen MR) is 74.4 cm³/mol. The van der Waals surface area contributed by atoms with Crippen molar-refractivity contribution in [1.29, 1.82) is 0 Å². The van der Waals surface area contributed by atoms with Crippen molar-refractivity contribution >= 4 is 17.6 Å². The maximum atomic E-state index is 12.2. The van der Waals surface area contributed by atoms with Crippen LogP contribution in [0.4, 0.5) is 0 Å². The zero-order valence-electron chi connectivity index (χ0n) is 11.1. The van der Waals surface area contributed by atoms with Gasteiger partial charge in [0.25, 0.3) is 0 Å². The molecule has 1 unspecified atom stereocenters. The van der Waals surface area contributed by atoms with Gasteiger partial charge in [-0.2, -0.15) is 0 Å². The smallest absolute Gasteiger partial charge is 0.313 e. The predicted octanol–water partition coefficient (Wildman–Crippen LogP) is 3.41. The Morgan fingerprint density at radius 3 is 2.58 bits per heavy atom. The Bertz CT molecular complexity index is 410. The van der Waals surface area contributed by atoms with Gasteiger partial charge in [-0.05, 0) is 43.4 Å². The zero-order valence-corrected chi connectivity index (χ0v) is 11.9. The van der Waals surface area contributed by atoms with Crippen LogP contribution in [0.5, 0.6) is 0 Å². The Balaban J connectivity index is 2.22. The van der Waals surface area contributed by atoms with Crippen LogP contribution < -0.4 is 0 Å². The van der Waals surface area contributed by atoms with Crippen LogP contribution in [0.3, 0.4) is 0 Å². The lowest BCUT2D eigenvalue weighted by Crippen LogP contribution is -2.28. The van der Waals surface area contributed by atoms with Gasteiger partial charge in [-0.3, -0.25) is 4.79 Å². The van der Waals surface area contributed by atoms with Crippen LogP contribution in [0, 0.1) is 5.92 Å². The molecular weight excluding hydrogens is 264 g/mol. The molecule has 0 radical (unpaired) electrons. The first-order valence-electron chi connectivity index (χ1n) is 6.72. The Morgan fingerprint density at radius 1 is 1.37 bits per heavy atom. The quantitative estimate of drug-likeness (QED) is 0.794. The first-order chi connectivity index (χ1) is 9.22. The lowest BCUT2D eigenvalue weighted by Gasteiger charge is -2.29. The normalized spacial score (nSPS) is 18.0. The highest BCUT2D eigenvalue weighted by Crippen LogP contribution is 2.33. The molecule has 1 saturated heterocycles. The lowest BCUT2D eigenvalue weighted by molar-refractivity contribution is -0.147. The van der Waals surface area contributed by atoms with Crippen LogP contribution in [0.15, 0.2) is 24.3 Å². The standard InChI is InChI=1S/C15H19ClO3/c1-2-19-15(17)14(12-7-9-18-10-8-12)11-3-5-13(16)6-4-11/h3-6,12,14H,2,7-10H2,1H3. The number of rotatable bonds is 4. The molecule has 19 heavy (non-hydrogen) atoms. The second-order valence-electron chi connectivity index (χ2n) is 4.73. The molecule has 1 aromatic carbocycles. The van der Waals surface area contributed by atoms with E-state index < -0.39 is 0 Å². The summed E-state index contributed by atoms with van der Waals surface area (Å²) in [7, 11) is 0. The summed E-state index contributed by atoms with van der Waals surface area (Å²) in [5.74, 6) is -0.0631. The molecule has 0 amide bonds. The maximum absolute atomic E-state index is 12.2. The number of esters is 1. The van der Waals surface area contributed by atoms with Crippen molar-refractivity contribution in [2.45, 2.75) is 25.7 Å². The molecule has 3 nitrogen and oxygen atoms in total. The number of carbonyl (C=O) groups excluding carboxylic acids is 1. The molecule has 0 spiro atoms. The van der Waals surface area contributed by atoms with Gasteiger partial charge in [-0.25, -0.2) is 0 Å². The molecule has 0 N–H and O–H groups in total. The largest absolute Gasteiger partial charge is 0.466 e. The van der Waals surface area contributed by atoms with Gasteiger partial charge >= 0.3 is 5.97 Å². The van der Waals surface area contributed by atoms with Crippen molar-refractivity contribution in [2.24, 2.45) is 5.92 Å². The third-order valence-corrected chi connectivity index (χ3v) is 3.76. The SMILES string of the molecule is CCOC(=O)C(c1ccc(Cl)cc1)C1CCOCC1. The summed E-state index contributed by atoms with van der Waals surface area (Å²) < 4.78 is 10.6. The van der Waals surface area contributed by atoms with Crippen LogP contribution in [0.2, 0.25) is 5.02 Å². The topological polar surface area (TPSA) is 35.5 Å². The van der Waals surface area contributed by atoms with E-state index in [1.54, 1.807) is 0 Å². The summed E-state index contributed by atoms with van der Waals surface area (Å²) in [6, 6.07) is 7.48. The number of benzene rings is 1. The molecule has 4 heteroatoms. The van der Waals surface area contributed by atoms with E-state index in [4.69, 9.17) is 21.1 Å². The molecule has 1 aromatic rings. The van der Waals surface area contributed by atoms with E-state index in [1.165, 1.54) is 0 Å². The van der Waals surface area contributed by atoms with Crippen LogP contribution in [-0.4, -0.2) is 25.8 Å². The fourth-order valence-corrected chi connectivity index (χ4v) is 2.68. The van der Waals surface area contributed by atoms with E-state index in [2.05, 4.69) is 0 Å². The number of hydrogen-bond donors (Lipinski definition) is 0. The van der Waals surface area contributed by atoms with E-state index in [0.29, 0.717) is 24.8 Å². The van der Waals surface area contributed by atoms with Gasteiger partial charge in [0, 0.05) is 18.2 Å². The Labute approximate surface area is 118 Å². The van der Waals surface area contributed by atoms with E-state index in [-0.39, 0.29) is 17.8 Å². The first-order valence-corrected chi connectivity index (χ1v) is 7.10. The average Bonchev–Trinajstić information content (AvgIpc) is 2.43. The molecule has 1 heterocycles. The van der Waals surface area contributed by atoms with E-state index in [1.807, 2.05) is 31.2 Å². The molecule has 104 valence electrons. The average molecular weight is 283 g/mol. The molecule has 0 saturated carbocycles. The highest BCUT2D eigenvalue weighted by molar-refractivity contribution is 6.30. The van der Waals surface area contributed by atoms with Crippen LogP contribution in [0.1, 0.15) is 31.2 Å². The van der Waals surface area contributed by atoms with Crippen molar-refractivity contribution in [2.75, 3.05) is 19.8 Å². The summed E-state index contributed by atoms with van der Waals surface area (Å²) in [5, 5.41) is 0.679. The Hall–Kier alpha value is -1.06. The summed E-state index contributed by atoms with van der Waals surface area (Å²) in [4.78, 5) is 12.2. The van der Waals surface area contributed by atoms with E-state index in [0.717, 1.165) is 18.4 Å². The summed E-state index contributed by atoms with van der Waals surface area (Å²) >= 11 is 5.91. The van der Waals surface area contributed by atoms with Gasteiger partial charge in [0.05, 0.1) is 12.5 Å². The summed E-state index contributed by atoms with van der Waals surface area (Å²) in [5.41, 5.74) is 0.981. The molecule has 1 aliphatic rings. The Kier molecular flexibility index (Phi) is 5.23. The summed E-state index contributed by atoms with van der Waals surface area (Å²) in [6.07, 6.45) is 1.79. The van der Waals surface area contributed by atoms with Crippen LogP contribution >= 0.6 is 11.6 Å². The molecule has 0 aromatic heterocycles. The second-order valence-corrected chi connectivity index (χ2v) is 5.17. The second kappa shape index (κ2) is 6.92. The Morgan fingerprint density at radius 2 is 2.00 bits per heavy atom. The molecule has 1 aliphatic heterocycles. The third kappa shape index (κ3) is 3.71. The first kappa shape index (κ1) is 14.4. The highest BCUT2D eigenvalue weighted by atomic mass is 35.5. The zero-order chi connectivity index (χ0) is 13.7. The van der Waals surface area contributed by atoms with Crippen molar-refractivity contribution in [3.05, 3.63) is 34.9 Å². The number of hydrogen-bond acceptors (Lipinski definition) is 3. The van der Waals surface area contributed by atoms with E-state index >= 15 is 0 Å². The maximum Gasteiger partial charge on any atom is 0.313 e. The van der Waals surface area contributed by atoms with Crippen LogP contribution in [0.25, 0.3) is 0 Å². The lowest BCUT2D eigenvalue weighted by atomic mass is 9.81. The van der Waals surface area contributed by atoms with Crippen molar-refractivity contribution in [1.82, 2.24) is 0 Å². The van der Waals surface area contributed by atoms with Gasteiger partial charge in [0.15, 0.2) is 0 Å². The fourth-order valence-electron chi connectivity index (χ4n) is 2.55. The van der Waals surface area contributed by atoms with Crippen molar-refractivity contribution in [3.8, 4) is 0 Å². The van der Waals surface area contributed by atoms with Gasteiger partial charge in [0.2, 0.25) is 0 Å². The molecular formula is C15H19ClO3. The molecule has 1 fully saturated rings. The number of carbonyl (C=O) groups is 1. The summed E-state index contributed by atoms with van der Waals surface area (Å²) in [6.45, 7) is 3.68. The highest BCUT2D eigenvalue weighted by Gasteiger charge is 2.32. The molecule has 0 bridgehead atoms. The van der Waals surface area contributed by atoms with Gasteiger partial charge in [-0.15, -0.1) is 0 Å². The number of ether oxygens (including phenoxy) is 2. The van der Waals surface area contributed by atoms with Crippen molar-refractivity contribution < 1.29 is 14.3 Å². The van der Waals surface area contributed by atoms with Gasteiger partial charge in [0.1, 0.15) is 0 Å². The fraction of sp³-hybridized carbons (Fsp3) is 0.533. The molecule has 2 rings (SSSR count). The van der Waals surface area contributed by atoms with E-state index in [9.17, 15) is 4.79 Å². The number of halogens is 1. The van der Waals surface area contributed by atoms with Crippen LogP contribution in [-0.2, 0) is 14.3 Å². The monoisotopic (exact) mass is 282 g/mol. The molecule has 1 atom stereocenters. The van der Waals surface area contributed by atoms with Gasteiger partial charge in [-0.1, -0.05) is 23.7 Å². The third-order valence-electron chi connectivity index (χ3n) is 3.51. The minimum Gasteiger partial charge on any atom is -0.466 e. The minimum atomic E-state index is -0.207. The van der Waals surface area contributed by atoms with Crippen molar-refractivity contribution in [3.63, 3.8) is 0 Å².